The molecule has 6 aromatic carbocycles. The van der Waals surface area contributed by atoms with Crippen molar-refractivity contribution in [1.29, 1.82) is 0 Å². The molecule has 1 atom stereocenters. The van der Waals surface area contributed by atoms with Gasteiger partial charge < -0.3 is 5.11 Å². The van der Waals surface area contributed by atoms with Gasteiger partial charge in [-0.3, -0.25) is 4.79 Å². The highest BCUT2D eigenvalue weighted by Crippen LogP contribution is 2.45. The molecule has 0 aliphatic rings. The fraction of sp³-hybridized carbons (Fsp3) is 0.0571. The SMILES string of the molecule is C[C@@](C(=O)O)(c1ccccc1)c1c(-c2ccc3ccccc3c2)cccc1-c1ccc2ccccc2c1. The highest BCUT2D eigenvalue weighted by atomic mass is 16.4. The summed E-state index contributed by atoms with van der Waals surface area (Å²) < 4.78 is 0. The Labute approximate surface area is 216 Å². The summed E-state index contributed by atoms with van der Waals surface area (Å²) >= 11 is 0. The maximum Gasteiger partial charge on any atom is 0.318 e. The third kappa shape index (κ3) is 3.88. The summed E-state index contributed by atoms with van der Waals surface area (Å²) in [4.78, 5) is 13.2. The van der Waals surface area contributed by atoms with Crippen LogP contribution in [0.5, 0.6) is 0 Å². The third-order valence-electron chi connectivity index (χ3n) is 7.46. The molecular formula is C35H26O2. The minimum atomic E-state index is -1.27. The number of carboxylic acids is 1. The molecule has 0 bridgehead atoms. The Bertz CT molecular complexity index is 1670. The van der Waals surface area contributed by atoms with Crippen LogP contribution in [0, 0.1) is 0 Å². The highest BCUT2D eigenvalue weighted by Gasteiger charge is 2.41. The summed E-state index contributed by atoms with van der Waals surface area (Å²) in [6, 6.07) is 44.9. The van der Waals surface area contributed by atoms with E-state index >= 15 is 0 Å². The van der Waals surface area contributed by atoms with Crippen LogP contribution in [0.1, 0.15) is 18.1 Å². The van der Waals surface area contributed by atoms with Crippen molar-refractivity contribution >= 4 is 27.5 Å². The lowest BCUT2D eigenvalue weighted by atomic mass is 9.70. The van der Waals surface area contributed by atoms with E-state index in [4.69, 9.17) is 0 Å². The number of aliphatic carboxylic acids is 1. The number of fused-ring (bicyclic) bond motifs is 2. The van der Waals surface area contributed by atoms with Crippen LogP contribution in [0.3, 0.4) is 0 Å². The van der Waals surface area contributed by atoms with Crippen molar-refractivity contribution in [3.05, 3.63) is 145 Å². The zero-order valence-corrected chi connectivity index (χ0v) is 20.6. The molecule has 37 heavy (non-hydrogen) atoms. The van der Waals surface area contributed by atoms with Gasteiger partial charge in [0, 0.05) is 0 Å². The average Bonchev–Trinajstić information content (AvgIpc) is 2.96. The molecule has 0 fully saturated rings. The number of hydrogen-bond donors (Lipinski definition) is 1. The number of carbonyl (C=O) groups is 1. The molecule has 0 radical (unpaired) electrons. The van der Waals surface area contributed by atoms with E-state index in [1.807, 2.05) is 79.7 Å². The van der Waals surface area contributed by atoms with E-state index in [1.165, 1.54) is 0 Å². The quantitative estimate of drug-likeness (QED) is 0.269. The van der Waals surface area contributed by atoms with Gasteiger partial charge in [-0.2, -0.15) is 0 Å². The van der Waals surface area contributed by atoms with Crippen LogP contribution < -0.4 is 0 Å². The fourth-order valence-electron chi connectivity index (χ4n) is 5.43. The van der Waals surface area contributed by atoms with Gasteiger partial charge in [-0.05, 0) is 74.0 Å². The predicted molar refractivity (Wildman–Crippen MR) is 153 cm³/mol. The lowest BCUT2D eigenvalue weighted by molar-refractivity contribution is -0.141. The number of carboxylic acid groups (broad SMARTS) is 1. The average molecular weight is 479 g/mol. The zero-order chi connectivity index (χ0) is 25.4. The molecule has 0 saturated carbocycles. The summed E-state index contributed by atoms with van der Waals surface area (Å²) in [7, 11) is 0. The predicted octanol–water partition coefficient (Wildman–Crippen LogP) is 8.72. The van der Waals surface area contributed by atoms with Gasteiger partial charge in [0.15, 0.2) is 0 Å². The van der Waals surface area contributed by atoms with E-state index < -0.39 is 11.4 Å². The first kappa shape index (κ1) is 22.8. The minimum absolute atomic E-state index is 0.748. The van der Waals surface area contributed by atoms with Gasteiger partial charge in [0.2, 0.25) is 0 Å². The van der Waals surface area contributed by atoms with E-state index in [2.05, 4.69) is 60.7 Å². The molecule has 0 unspecified atom stereocenters. The van der Waals surface area contributed by atoms with Crippen molar-refractivity contribution in [2.24, 2.45) is 0 Å². The summed E-state index contributed by atoms with van der Waals surface area (Å²) in [6.45, 7) is 1.83. The molecule has 0 aliphatic carbocycles. The molecule has 6 rings (SSSR count). The zero-order valence-electron chi connectivity index (χ0n) is 20.6. The largest absolute Gasteiger partial charge is 0.480 e. The Morgan fingerprint density at radius 2 is 1.00 bits per heavy atom. The van der Waals surface area contributed by atoms with E-state index in [1.54, 1.807) is 0 Å². The van der Waals surface area contributed by atoms with Gasteiger partial charge in [-0.1, -0.05) is 121 Å². The Morgan fingerprint density at radius 3 is 1.49 bits per heavy atom. The Hall–Kier alpha value is -4.69. The molecule has 2 heteroatoms. The molecule has 0 amide bonds. The normalized spacial score (nSPS) is 12.9. The molecule has 0 spiro atoms. The minimum Gasteiger partial charge on any atom is -0.480 e. The van der Waals surface area contributed by atoms with E-state index in [0.717, 1.165) is 54.9 Å². The van der Waals surface area contributed by atoms with Gasteiger partial charge in [0.1, 0.15) is 5.41 Å². The molecule has 0 aromatic heterocycles. The lowest BCUT2D eigenvalue weighted by Gasteiger charge is -2.31. The second-order valence-corrected chi connectivity index (χ2v) is 9.65. The molecule has 1 N–H and O–H groups in total. The molecule has 0 saturated heterocycles. The van der Waals surface area contributed by atoms with Gasteiger partial charge in [-0.25, -0.2) is 0 Å². The summed E-state index contributed by atoms with van der Waals surface area (Å²) in [5, 5.41) is 15.4. The van der Waals surface area contributed by atoms with Gasteiger partial charge in [-0.15, -0.1) is 0 Å². The van der Waals surface area contributed by atoms with Crippen LogP contribution in [0.4, 0.5) is 0 Å². The van der Waals surface area contributed by atoms with Gasteiger partial charge >= 0.3 is 5.97 Å². The van der Waals surface area contributed by atoms with Crippen LogP contribution in [0.15, 0.2) is 133 Å². The monoisotopic (exact) mass is 478 g/mol. The van der Waals surface area contributed by atoms with Crippen LogP contribution in [-0.4, -0.2) is 11.1 Å². The van der Waals surface area contributed by atoms with Crippen molar-refractivity contribution in [2.75, 3.05) is 0 Å². The number of hydrogen-bond acceptors (Lipinski definition) is 1. The first-order valence-corrected chi connectivity index (χ1v) is 12.5. The maximum absolute atomic E-state index is 13.2. The molecule has 6 aromatic rings. The van der Waals surface area contributed by atoms with Crippen LogP contribution in [0.2, 0.25) is 0 Å². The van der Waals surface area contributed by atoms with E-state index in [-0.39, 0.29) is 0 Å². The van der Waals surface area contributed by atoms with Crippen molar-refractivity contribution in [3.8, 4) is 22.3 Å². The first-order valence-electron chi connectivity index (χ1n) is 12.5. The Kier molecular flexibility index (Phi) is 5.58. The fourth-order valence-corrected chi connectivity index (χ4v) is 5.43. The maximum atomic E-state index is 13.2. The smallest absolute Gasteiger partial charge is 0.318 e. The second-order valence-electron chi connectivity index (χ2n) is 9.65. The van der Waals surface area contributed by atoms with Crippen LogP contribution in [0.25, 0.3) is 43.8 Å². The van der Waals surface area contributed by atoms with Crippen LogP contribution in [-0.2, 0) is 10.2 Å². The molecule has 178 valence electrons. The van der Waals surface area contributed by atoms with Crippen molar-refractivity contribution < 1.29 is 9.90 Å². The highest BCUT2D eigenvalue weighted by molar-refractivity contribution is 5.97. The van der Waals surface area contributed by atoms with Crippen molar-refractivity contribution in [2.45, 2.75) is 12.3 Å². The molecule has 0 heterocycles. The van der Waals surface area contributed by atoms with E-state index in [0.29, 0.717) is 0 Å². The molecule has 2 nitrogen and oxygen atoms in total. The van der Waals surface area contributed by atoms with Gasteiger partial charge in [0.25, 0.3) is 0 Å². The molecular weight excluding hydrogens is 452 g/mol. The number of rotatable bonds is 5. The Balaban J connectivity index is 1.69. The van der Waals surface area contributed by atoms with Crippen molar-refractivity contribution in [3.63, 3.8) is 0 Å². The first-order chi connectivity index (χ1) is 18.1. The second kappa shape index (κ2) is 9.07. The Morgan fingerprint density at radius 1 is 0.541 bits per heavy atom. The summed E-state index contributed by atoms with van der Waals surface area (Å²) in [5.41, 5.74) is 4.11. The molecule has 0 aliphatic heterocycles. The van der Waals surface area contributed by atoms with Gasteiger partial charge in [0.05, 0.1) is 0 Å². The van der Waals surface area contributed by atoms with E-state index in [9.17, 15) is 9.90 Å². The summed E-state index contributed by atoms with van der Waals surface area (Å²) in [5.74, 6) is -0.881. The van der Waals surface area contributed by atoms with Crippen LogP contribution >= 0.6 is 0 Å². The third-order valence-corrected chi connectivity index (χ3v) is 7.46. The number of benzene rings is 6. The topological polar surface area (TPSA) is 37.3 Å². The standard InChI is InChI=1S/C35H26O2/c1-35(34(36)37,30-14-3-2-4-15-30)33-31(28-20-18-24-10-5-7-12-26(24)22-28)16-9-17-32(33)29-21-19-25-11-6-8-13-27(25)23-29/h2-23H,1H3,(H,36,37)/t35-/m1/s1. The van der Waals surface area contributed by atoms with Crippen molar-refractivity contribution in [1.82, 2.24) is 0 Å². The lowest BCUT2D eigenvalue weighted by Crippen LogP contribution is -2.35. The summed E-state index contributed by atoms with van der Waals surface area (Å²) in [6.07, 6.45) is 0.